The minimum Gasteiger partial charge on any atom is -0.431 e. The van der Waals surface area contributed by atoms with E-state index in [1.165, 1.54) is 36.4 Å². The molecule has 0 unspecified atom stereocenters. The van der Waals surface area contributed by atoms with Crippen LogP contribution in [0.15, 0.2) is 47.5 Å². The number of hydrogen-bond acceptors (Lipinski definition) is 9. The van der Waals surface area contributed by atoms with Crippen LogP contribution in [-0.4, -0.2) is 57.2 Å². The molecule has 11 nitrogen and oxygen atoms in total. The zero-order valence-corrected chi connectivity index (χ0v) is 20.7. The zero-order chi connectivity index (χ0) is 26.0. The third-order valence-electron chi connectivity index (χ3n) is 5.36. The van der Waals surface area contributed by atoms with E-state index in [0.29, 0.717) is 26.2 Å². The van der Waals surface area contributed by atoms with E-state index >= 15 is 0 Å². The minimum absolute atomic E-state index is 0.0573. The second kappa shape index (κ2) is 13.0. The highest BCUT2D eigenvalue weighted by atomic mass is 32.2. The van der Waals surface area contributed by atoms with Gasteiger partial charge < -0.3 is 19.5 Å². The van der Waals surface area contributed by atoms with Gasteiger partial charge >= 0.3 is 6.16 Å². The summed E-state index contributed by atoms with van der Waals surface area (Å²) < 4.78 is 42.5. The number of nitrogens with one attached hydrogen (secondary N) is 2. The van der Waals surface area contributed by atoms with E-state index in [-0.39, 0.29) is 33.9 Å². The maximum absolute atomic E-state index is 12.6. The molecule has 0 aliphatic heterocycles. The van der Waals surface area contributed by atoms with Gasteiger partial charge in [0.05, 0.1) is 10.5 Å². The van der Waals surface area contributed by atoms with E-state index in [9.17, 15) is 22.8 Å². The van der Waals surface area contributed by atoms with Gasteiger partial charge in [-0.25, -0.2) is 22.9 Å². The van der Waals surface area contributed by atoms with E-state index in [1.807, 2.05) is 11.6 Å². The molecule has 0 atom stereocenters. The first kappa shape index (κ1) is 27.1. The maximum atomic E-state index is 12.6. The van der Waals surface area contributed by atoms with Gasteiger partial charge in [0.1, 0.15) is 6.10 Å². The average Bonchev–Trinajstić information content (AvgIpc) is 3.37. The molecule has 2 aromatic rings. The van der Waals surface area contributed by atoms with Crippen molar-refractivity contribution in [1.82, 2.24) is 15.0 Å². The second-order valence-corrected chi connectivity index (χ2v) is 9.71. The molecule has 1 aromatic heterocycles. The molecule has 2 N–H and O–H groups in total. The Morgan fingerprint density at radius 1 is 1.00 bits per heavy atom. The Bertz CT molecular complexity index is 1140. The topological polar surface area (TPSA) is 150 Å². The Morgan fingerprint density at radius 3 is 2.33 bits per heavy atom. The lowest BCUT2D eigenvalue weighted by Crippen LogP contribution is -2.31. The Balaban J connectivity index is 1.52. The average molecular weight is 520 g/mol. The molecule has 1 aliphatic rings. The number of ether oxygens (including phenoxy) is 3. The molecule has 0 spiro atoms. The van der Waals surface area contributed by atoms with Gasteiger partial charge in [-0.15, -0.1) is 0 Å². The zero-order valence-electron chi connectivity index (χ0n) is 19.9. The van der Waals surface area contributed by atoms with Gasteiger partial charge in [0.2, 0.25) is 5.88 Å². The van der Waals surface area contributed by atoms with Crippen molar-refractivity contribution in [3.8, 4) is 5.88 Å². The standard InChI is InChI=1S/C24H29N3O8S/c1-2-33-15-5-14-25-22(28)17-8-11-20(12-9-17)36(31,32)27-23(29)18-10-13-21(26-16-18)35-24(30)34-19-6-3-4-7-19/h8-13,16,19H,2-7,14-15H2,1H3,(H,25,28)(H,27,29). The van der Waals surface area contributed by atoms with Crippen LogP contribution in [-0.2, 0) is 19.5 Å². The maximum Gasteiger partial charge on any atom is 0.515 e. The second-order valence-electron chi connectivity index (χ2n) is 8.03. The van der Waals surface area contributed by atoms with Gasteiger partial charge in [-0.2, -0.15) is 0 Å². The van der Waals surface area contributed by atoms with Crippen molar-refractivity contribution in [1.29, 1.82) is 0 Å². The van der Waals surface area contributed by atoms with Gasteiger partial charge in [0.15, 0.2) is 0 Å². The quantitative estimate of drug-likeness (QED) is 0.337. The van der Waals surface area contributed by atoms with Crippen LogP contribution in [0.2, 0.25) is 0 Å². The number of benzene rings is 1. The first-order valence-electron chi connectivity index (χ1n) is 11.7. The number of aromatic nitrogens is 1. The molecule has 0 saturated heterocycles. The van der Waals surface area contributed by atoms with Gasteiger partial charge in [-0.3, -0.25) is 9.59 Å². The van der Waals surface area contributed by atoms with E-state index in [0.717, 1.165) is 31.9 Å². The van der Waals surface area contributed by atoms with Crippen LogP contribution in [0.1, 0.15) is 59.7 Å². The van der Waals surface area contributed by atoms with Gasteiger partial charge in [0.25, 0.3) is 21.8 Å². The molecule has 0 radical (unpaired) electrons. The molecule has 194 valence electrons. The lowest BCUT2D eigenvalue weighted by molar-refractivity contribution is 0.0600. The van der Waals surface area contributed by atoms with Crippen LogP contribution in [0.5, 0.6) is 5.88 Å². The third kappa shape index (κ3) is 8.02. The van der Waals surface area contributed by atoms with Crippen molar-refractivity contribution < 1.29 is 37.0 Å². The monoisotopic (exact) mass is 519 g/mol. The fraction of sp³-hybridized carbons (Fsp3) is 0.417. The van der Waals surface area contributed by atoms with Crippen LogP contribution in [0.4, 0.5) is 4.79 Å². The van der Waals surface area contributed by atoms with Crippen molar-refractivity contribution in [2.24, 2.45) is 0 Å². The Hall–Kier alpha value is -3.51. The molecule has 2 amide bonds. The number of amides is 2. The minimum atomic E-state index is -4.20. The highest BCUT2D eigenvalue weighted by molar-refractivity contribution is 7.90. The summed E-state index contributed by atoms with van der Waals surface area (Å²) in [6.45, 7) is 3.45. The van der Waals surface area contributed by atoms with Crippen LogP contribution in [0, 0.1) is 0 Å². The van der Waals surface area contributed by atoms with Crippen LogP contribution < -0.4 is 14.8 Å². The summed E-state index contributed by atoms with van der Waals surface area (Å²) in [4.78, 5) is 40.1. The van der Waals surface area contributed by atoms with Crippen LogP contribution in [0.3, 0.4) is 0 Å². The molecular weight excluding hydrogens is 490 g/mol. The fourth-order valence-electron chi connectivity index (χ4n) is 3.47. The molecule has 1 saturated carbocycles. The van der Waals surface area contributed by atoms with Gasteiger partial charge in [0, 0.05) is 37.6 Å². The number of sulfonamides is 1. The molecule has 12 heteroatoms. The number of carbonyl (C=O) groups excluding carboxylic acids is 3. The predicted octanol–water partition coefficient (Wildman–Crippen LogP) is 2.81. The first-order chi connectivity index (χ1) is 17.3. The summed E-state index contributed by atoms with van der Waals surface area (Å²) in [5.74, 6) is -1.34. The highest BCUT2D eigenvalue weighted by Crippen LogP contribution is 2.21. The molecular formula is C24H29N3O8S. The van der Waals surface area contributed by atoms with Gasteiger partial charge in [-0.05, 0) is 69.4 Å². The summed E-state index contributed by atoms with van der Waals surface area (Å²) in [5, 5.41) is 2.72. The molecule has 3 rings (SSSR count). The smallest absolute Gasteiger partial charge is 0.431 e. The number of nitrogens with zero attached hydrogens (tertiary/aromatic N) is 1. The fourth-order valence-corrected chi connectivity index (χ4v) is 4.45. The third-order valence-corrected chi connectivity index (χ3v) is 6.71. The highest BCUT2D eigenvalue weighted by Gasteiger charge is 2.22. The molecule has 1 aliphatic carbocycles. The van der Waals surface area contributed by atoms with Crippen molar-refractivity contribution >= 4 is 28.0 Å². The first-order valence-corrected chi connectivity index (χ1v) is 13.1. The summed E-state index contributed by atoms with van der Waals surface area (Å²) in [5.41, 5.74) is 0.223. The number of hydrogen-bond donors (Lipinski definition) is 2. The van der Waals surface area contributed by atoms with Crippen LogP contribution >= 0.6 is 0 Å². The summed E-state index contributed by atoms with van der Waals surface area (Å²) in [7, 11) is -4.20. The number of pyridine rings is 1. The summed E-state index contributed by atoms with van der Waals surface area (Å²) in [6, 6.07) is 7.71. The Kier molecular flexibility index (Phi) is 9.77. The van der Waals surface area contributed by atoms with Gasteiger partial charge in [-0.1, -0.05) is 0 Å². The van der Waals surface area contributed by atoms with Crippen molar-refractivity contribution in [2.45, 2.75) is 50.0 Å². The van der Waals surface area contributed by atoms with E-state index in [2.05, 4.69) is 10.3 Å². The molecule has 1 aromatic carbocycles. The Labute approximate surface area is 209 Å². The lowest BCUT2D eigenvalue weighted by Gasteiger charge is -2.11. The lowest BCUT2D eigenvalue weighted by atomic mass is 10.2. The predicted molar refractivity (Wildman–Crippen MR) is 128 cm³/mol. The summed E-state index contributed by atoms with van der Waals surface area (Å²) >= 11 is 0. The summed E-state index contributed by atoms with van der Waals surface area (Å²) in [6.07, 6.45) is 4.28. The van der Waals surface area contributed by atoms with Crippen molar-refractivity contribution in [3.63, 3.8) is 0 Å². The SMILES string of the molecule is CCOCCCNC(=O)c1ccc(S(=O)(=O)NC(=O)c2ccc(OC(=O)OC3CCCC3)nc2)cc1. The number of carbonyl (C=O) groups is 3. The molecule has 36 heavy (non-hydrogen) atoms. The van der Waals surface area contributed by atoms with Crippen molar-refractivity contribution in [2.75, 3.05) is 19.8 Å². The number of rotatable bonds is 11. The largest absolute Gasteiger partial charge is 0.515 e. The van der Waals surface area contributed by atoms with E-state index in [1.54, 1.807) is 0 Å². The normalized spacial score (nSPS) is 13.7. The van der Waals surface area contributed by atoms with Crippen molar-refractivity contribution in [3.05, 3.63) is 53.7 Å². The van der Waals surface area contributed by atoms with Crippen LogP contribution in [0.25, 0.3) is 0 Å². The Morgan fingerprint density at radius 2 is 1.69 bits per heavy atom. The van der Waals surface area contributed by atoms with E-state index in [4.69, 9.17) is 14.2 Å². The van der Waals surface area contributed by atoms with E-state index < -0.39 is 22.1 Å². The molecule has 1 fully saturated rings. The molecule has 1 heterocycles. The molecule has 0 bridgehead atoms.